The quantitative estimate of drug-likeness (QED) is 0.322. The van der Waals surface area contributed by atoms with E-state index in [0.29, 0.717) is 10.8 Å². The normalized spacial score (nSPS) is 9.38. The first-order valence-electron chi connectivity index (χ1n) is 5.85. The van der Waals surface area contributed by atoms with Gasteiger partial charge in [-0.2, -0.15) is 5.06 Å². The van der Waals surface area contributed by atoms with Crippen molar-refractivity contribution in [3.8, 4) is 0 Å². The van der Waals surface area contributed by atoms with Crippen LogP contribution in [0.15, 0.2) is 48.5 Å². The zero-order valence-electron chi connectivity index (χ0n) is 11.1. The van der Waals surface area contributed by atoms with Crippen LogP contribution in [0.3, 0.4) is 0 Å². The molecule has 0 bridgehead atoms. The molecule has 0 radical (unpaired) electrons. The number of hydroxylamine groups is 1. The van der Waals surface area contributed by atoms with Crippen LogP contribution in [-0.4, -0.2) is 16.3 Å². The Bertz CT molecular complexity index is 574. The minimum atomic E-state index is -0.392. The van der Waals surface area contributed by atoms with Gasteiger partial charge in [-0.15, -0.1) is 0 Å². The van der Waals surface area contributed by atoms with Gasteiger partial charge < -0.3 is 0 Å². The molecule has 5 nitrogen and oxygen atoms in total. The molecule has 21 heavy (non-hydrogen) atoms. The molecule has 1 amide bonds. The molecule has 0 aliphatic heterocycles. The minimum absolute atomic E-state index is 0.392. The van der Waals surface area contributed by atoms with Crippen molar-refractivity contribution in [1.29, 1.82) is 0 Å². The lowest BCUT2D eigenvalue weighted by Gasteiger charge is -2.11. The predicted molar refractivity (Wildman–Crippen MR) is 98.7 cm³/mol. The van der Waals surface area contributed by atoms with Gasteiger partial charge in [-0.1, -0.05) is 0 Å². The summed E-state index contributed by atoms with van der Waals surface area (Å²) in [6.45, 7) is 1.30. The van der Waals surface area contributed by atoms with Crippen molar-refractivity contribution in [1.82, 2.24) is 0 Å². The highest BCUT2D eigenvalue weighted by Crippen LogP contribution is 2.14. The Morgan fingerprint density at radius 3 is 1.81 bits per heavy atom. The Morgan fingerprint density at radius 1 is 1.00 bits per heavy atom. The molecule has 0 heterocycles. The van der Waals surface area contributed by atoms with E-state index < -0.39 is 5.91 Å². The standard InChI is InChI=1S/C8H8INO2.C6H6INO/c1-6(11)10(12)8-4-2-7(9)3-5-8;7-5-1-3-6(8-9)4-2-5/h2-5,12H,1H3;1-4,8-9H. The van der Waals surface area contributed by atoms with E-state index in [-0.39, 0.29) is 0 Å². The number of halogens is 2. The second kappa shape index (κ2) is 9.18. The highest BCUT2D eigenvalue weighted by molar-refractivity contribution is 14.1. The Kier molecular flexibility index (Phi) is 7.93. The van der Waals surface area contributed by atoms with E-state index >= 15 is 0 Å². The molecule has 0 saturated carbocycles. The zero-order valence-corrected chi connectivity index (χ0v) is 15.4. The molecule has 0 aliphatic rings. The number of hydrogen-bond donors (Lipinski definition) is 3. The molecule has 0 spiro atoms. The van der Waals surface area contributed by atoms with E-state index in [9.17, 15) is 10.0 Å². The third kappa shape index (κ3) is 6.59. The van der Waals surface area contributed by atoms with E-state index in [2.05, 4.69) is 50.7 Å². The number of carbonyl (C=O) groups is 1. The van der Waals surface area contributed by atoms with Crippen LogP contribution in [0.4, 0.5) is 11.4 Å². The van der Waals surface area contributed by atoms with Crippen LogP contribution in [0, 0.1) is 7.14 Å². The van der Waals surface area contributed by atoms with Crippen molar-refractivity contribution >= 4 is 62.5 Å². The fraction of sp³-hybridized carbons (Fsp3) is 0.0714. The molecule has 2 aromatic rings. The van der Waals surface area contributed by atoms with Gasteiger partial charge >= 0.3 is 0 Å². The lowest BCUT2D eigenvalue weighted by molar-refractivity contribution is -0.121. The van der Waals surface area contributed by atoms with Crippen LogP contribution >= 0.6 is 45.2 Å². The van der Waals surface area contributed by atoms with Gasteiger partial charge in [0.05, 0.1) is 11.4 Å². The summed E-state index contributed by atoms with van der Waals surface area (Å²) in [5.74, 6) is -0.392. The number of nitrogens with one attached hydrogen (secondary N) is 1. The van der Waals surface area contributed by atoms with Gasteiger partial charge in [0.25, 0.3) is 0 Å². The van der Waals surface area contributed by atoms with Crippen molar-refractivity contribution in [2.45, 2.75) is 6.92 Å². The summed E-state index contributed by atoms with van der Waals surface area (Å²) in [7, 11) is 0. The molecule has 0 fully saturated rings. The number of amides is 1. The molecule has 112 valence electrons. The number of rotatable bonds is 2. The van der Waals surface area contributed by atoms with Gasteiger partial charge in [0.1, 0.15) is 0 Å². The van der Waals surface area contributed by atoms with Gasteiger partial charge in [0.2, 0.25) is 5.91 Å². The maximum Gasteiger partial charge on any atom is 0.247 e. The summed E-state index contributed by atoms with van der Waals surface area (Å²) >= 11 is 4.36. The number of hydrogen-bond acceptors (Lipinski definition) is 4. The van der Waals surface area contributed by atoms with E-state index in [4.69, 9.17) is 5.21 Å². The largest absolute Gasteiger partial charge is 0.291 e. The van der Waals surface area contributed by atoms with Crippen LogP contribution < -0.4 is 10.5 Å². The number of benzene rings is 2. The summed E-state index contributed by atoms with van der Waals surface area (Å²) < 4.78 is 2.22. The fourth-order valence-electron chi connectivity index (χ4n) is 1.29. The summed E-state index contributed by atoms with van der Waals surface area (Å²) in [6.07, 6.45) is 0. The molecule has 0 aromatic heterocycles. The van der Waals surface area contributed by atoms with Crippen molar-refractivity contribution in [3.05, 3.63) is 55.7 Å². The summed E-state index contributed by atoms with van der Waals surface area (Å²) in [5.41, 5.74) is 3.26. The molecule has 0 atom stereocenters. The smallest absolute Gasteiger partial charge is 0.247 e. The minimum Gasteiger partial charge on any atom is -0.291 e. The van der Waals surface area contributed by atoms with Crippen molar-refractivity contribution < 1.29 is 15.2 Å². The highest BCUT2D eigenvalue weighted by Gasteiger charge is 2.06. The Labute approximate surface area is 150 Å². The van der Waals surface area contributed by atoms with E-state index in [1.807, 2.05) is 36.4 Å². The van der Waals surface area contributed by atoms with Crippen LogP contribution in [0.25, 0.3) is 0 Å². The topological polar surface area (TPSA) is 72.8 Å². The molecule has 3 N–H and O–H groups in total. The first kappa shape index (κ1) is 18.1. The molecule has 7 heteroatoms. The highest BCUT2D eigenvalue weighted by atomic mass is 127. The predicted octanol–water partition coefficient (Wildman–Crippen LogP) is 4.13. The molecule has 2 rings (SSSR count). The van der Waals surface area contributed by atoms with Crippen LogP contribution in [0.5, 0.6) is 0 Å². The van der Waals surface area contributed by atoms with Gasteiger partial charge in [-0.3, -0.25) is 20.7 Å². The fourth-order valence-corrected chi connectivity index (χ4v) is 2.01. The van der Waals surface area contributed by atoms with Crippen molar-refractivity contribution in [3.63, 3.8) is 0 Å². The van der Waals surface area contributed by atoms with Crippen LogP contribution in [-0.2, 0) is 4.79 Å². The number of nitrogens with zero attached hydrogens (tertiary/aromatic N) is 1. The average molecular weight is 512 g/mol. The van der Waals surface area contributed by atoms with Gasteiger partial charge in [0.15, 0.2) is 0 Å². The summed E-state index contributed by atoms with van der Waals surface area (Å²) in [4.78, 5) is 10.7. The second-order valence-corrected chi connectivity index (χ2v) is 6.42. The lowest BCUT2D eigenvalue weighted by Crippen LogP contribution is -2.23. The van der Waals surface area contributed by atoms with E-state index in [0.717, 1.165) is 12.8 Å². The monoisotopic (exact) mass is 512 g/mol. The molecule has 2 aromatic carbocycles. The van der Waals surface area contributed by atoms with Gasteiger partial charge in [-0.05, 0) is 93.7 Å². The lowest BCUT2D eigenvalue weighted by atomic mass is 10.3. The van der Waals surface area contributed by atoms with E-state index in [1.54, 1.807) is 12.1 Å². The maximum atomic E-state index is 10.7. The van der Waals surface area contributed by atoms with Crippen molar-refractivity contribution in [2.75, 3.05) is 10.5 Å². The molecular weight excluding hydrogens is 498 g/mol. The average Bonchev–Trinajstić information content (AvgIpc) is 2.49. The second-order valence-electron chi connectivity index (χ2n) is 3.93. The first-order valence-corrected chi connectivity index (χ1v) is 8.00. The third-order valence-electron chi connectivity index (χ3n) is 2.34. The molecular formula is C14H14I2N2O3. The van der Waals surface area contributed by atoms with Crippen LogP contribution in [0.1, 0.15) is 6.92 Å². The zero-order chi connectivity index (χ0) is 15.8. The SMILES string of the molecule is CC(=O)N(O)c1ccc(I)cc1.ONc1ccc(I)cc1. The van der Waals surface area contributed by atoms with Gasteiger partial charge in [-0.25, -0.2) is 0 Å². The van der Waals surface area contributed by atoms with Crippen LogP contribution in [0.2, 0.25) is 0 Å². The Morgan fingerprint density at radius 2 is 1.43 bits per heavy atom. The molecule has 0 unspecified atom stereocenters. The number of carbonyl (C=O) groups excluding carboxylic acids is 1. The summed E-state index contributed by atoms with van der Waals surface area (Å²) in [6, 6.07) is 14.5. The third-order valence-corrected chi connectivity index (χ3v) is 3.78. The Hall–Kier alpha value is -0.910. The maximum absolute atomic E-state index is 10.7. The molecule has 0 saturated heterocycles. The van der Waals surface area contributed by atoms with E-state index in [1.165, 1.54) is 6.92 Å². The molecule has 0 aliphatic carbocycles. The Balaban J connectivity index is 0.000000219. The first-order chi connectivity index (χ1) is 9.93. The van der Waals surface area contributed by atoms with Crippen molar-refractivity contribution in [2.24, 2.45) is 0 Å². The summed E-state index contributed by atoms with van der Waals surface area (Å²) in [5, 5.41) is 18.2. The van der Waals surface area contributed by atoms with Gasteiger partial charge in [0, 0.05) is 14.1 Å². The number of anilines is 2.